The van der Waals surface area contributed by atoms with E-state index in [-0.39, 0.29) is 0 Å². The minimum Gasteiger partial charge on any atom is -0.495 e. The number of aromatic nitrogens is 3. The van der Waals surface area contributed by atoms with Crippen LogP contribution in [0.25, 0.3) is 17.1 Å². The Morgan fingerprint density at radius 2 is 1.79 bits per heavy atom. The number of ether oxygens (including phenoxy) is 1. The average molecular weight is 419 g/mol. The summed E-state index contributed by atoms with van der Waals surface area (Å²) in [5.41, 5.74) is 2.34. The molecule has 5 nitrogen and oxygen atoms in total. The number of nitrogens with zero attached hydrogens (tertiary/aromatic N) is 4. The predicted octanol–water partition coefficient (Wildman–Crippen LogP) is 5.62. The first kappa shape index (κ1) is 19.1. The van der Waals surface area contributed by atoms with Gasteiger partial charge in [-0.2, -0.15) is 10.4 Å². The monoisotopic (exact) mass is 418 g/mol. The Kier molecular flexibility index (Phi) is 5.52. The number of pyridine rings is 1. The molecule has 29 heavy (non-hydrogen) atoms. The molecule has 4 aromatic rings. The van der Waals surface area contributed by atoms with Gasteiger partial charge in [0.05, 0.1) is 29.8 Å². The van der Waals surface area contributed by atoms with E-state index in [1.54, 1.807) is 41.9 Å². The Balaban J connectivity index is 1.76. The predicted molar refractivity (Wildman–Crippen MR) is 114 cm³/mol. The zero-order valence-corrected chi connectivity index (χ0v) is 17.0. The third-order valence-electron chi connectivity index (χ3n) is 4.20. The fourth-order valence-corrected chi connectivity index (χ4v) is 3.77. The molecule has 142 valence electrons. The first-order valence-corrected chi connectivity index (χ1v) is 9.90. The lowest BCUT2D eigenvalue weighted by Gasteiger charge is -2.03. The maximum Gasteiger partial charge on any atom is 0.153 e. The van der Waals surface area contributed by atoms with Crippen LogP contribution in [0.15, 0.2) is 82.8 Å². The maximum atomic E-state index is 9.06. The van der Waals surface area contributed by atoms with Crippen LogP contribution in [0, 0.1) is 11.3 Å². The van der Waals surface area contributed by atoms with Crippen LogP contribution in [-0.4, -0.2) is 21.9 Å². The van der Waals surface area contributed by atoms with Gasteiger partial charge in [0, 0.05) is 21.7 Å². The lowest BCUT2D eigenvalue weighted by molar-refractivity contribution is 0.412. The largest absolute Gasteiger partial charge is 0.495 e. The Bertz CT molecular complexity index is 1160. The van der Waals surface area contributed by atoms with Crippen molar-refractivity contribution >= 4 is 23.4 Å². The standard InChI is InChI=1S/C22H15ClN4OS/c1-28-18-8-11-21(25-13-18)27-14-20(29-19-9-6-17(23)7-10-19)22(26-27)16-4-2-15(12-24)3-5-16/h2-11,13-14H,1H3. The lowest BCUT2D eigenvalue weighted by Crippen LogP contribution is -1.98. The number of halogens is 1. The highest BCUT2D eigenvalue weighted by Crippen LogP contribution is 2.36. The molecule has 0 spiro atoms. The highest BCUT2D eigenvalue weighted by atomic mass is 35.5. The number of rotatable bonds is 5. The van der Waals surface area contributed by atoms with E-state index in [4.69, 9.17) is 26.7 Å². The fraction of sp³-hybridized carbons (Fsp3) is 0.0455. The molecule has 0 unspecified atom stereocenters. The lowest BCUT2D eigenvalue weighted by atomic mass is 10.1. The van der Waals surface area contributed by atoms with E-state index in [0.29, 0.717) is 22.2 Å². The van der Waals surface area contributed by atoms with Gasteiger partial charge in [0.2, 0.25) is 0 Å². The quantitative estimate of drug-likeness (QED) is 0.421. The van der Waals surface area contributed by atoms with E-state index in [1.165, 1.54) is 0 Å². The molecule has 0 aliphatic heterocycles. The second-order valence-electron chi connectivity index (χ2n) is 6.09. The number of hydrogen-bond acceptors (Lipinski definition) is 5. The maximum absolute atomic E-state index is 9.06. The van der Waals surface area contributed by atoms with Crippen molar-refractivity contribution < 1.29 is 4.74 Å². The van der Waals surface area contributed by atoms with Crippen molar-refractivity contribution in [3.05, 3.63) is 83.6 Å². The zero-order valence-electron chi connectivity index (χ0n) is 15.4. The minimum atomic E-state index is 0.608. The van der Waals surface area contributed by atoms with Crippen LogP contribution in [0.5, 0.6) is 5.75 Å². The van der Waals surface area contributed by atoms with Gasteiger partial charge >= 0.3 is 0 Å². The SMILES string of the molecule is COc1ccc(-n2cc(Sc3ccc(Cl)cc3)c(-c3ccc(C#N)cc3)n2)nc1. The second kappa shape index (κ2) is 8.39. The summed E-state index contributed by atoms with van der Waals surface area (Å²) in [4.78, 5) is 6.43. The minimum absolute atomic E-state index is 0.608. The van der Waals surface area contributed by atoms with Crippen LogP contribution >= 0.6 is 23.4 Å². The Hall–Kier alpha value is -3.27. The van der Waals surface area contributed by atoms with Crippen molar-refractivity contribution in [3.8, 4) is 28.9 Å². The number of hydrogen-bond donors (Lipinski definition) is 0. The van der Waals surface area contributed by atoms with Crippen molar-refractivity contribution in [2.75, 3.05) is 7.11 Å². The molecule has 0 amide bonds. The van der Waals surface area contributed by atoms with Gasteiger partial charge in [0.25, 0.3) is 0 Å². The average Bonchev–Trinajstić information content (AvgIpc) is 3.19. The summed E-state index contributed by atoms with van der Waals surface area (Å²) in [6.45, 7) is 0. The Morgan fingerprint density at radius 1 is 1.03 bits per heavy atom. The van der Waals surface area contributed by atoms with Crippen LogP contribution in [0.1, 0.15) is 5.56 Å². The van der Waals surface area contributed by atoms with Gasteiger partial charge in [-0.05, 0) is 48.5 Å². The highest BCUT2D eigenvalue weighted by molar-refractivity contribution is 7.99. The number of methoxy groups -OCH3 is 1. The molecule has 0 fully saturated rings. The molecule has 0 saturated heterocycles. The molecule has 0 N–H and O–H groups in total. The van der Waals surface area contributed by atoms with Crippen molar-refractivity contribution in [1.82, 2.24) is 14.8 Å². The van der Waals surface area contributed by atoms with Crippen molar-refractivity contribution in [2.24, 2.45) is 0 Å². The third-order valence-corrected chi connectivity index (χ3v) is 5.48. The van der Waals surface area contributed by atoms with E-state index >= 15 is 0 Å². The Labute approximate surface area is 177 Å². The number of benzene rings is 2. The third kappa shape index (κ3) is 4.27. The molecule has 0 aliphatic rings. The zero-order chi connectivity index (χ0) is 20.2. The van der Waals surface area contributed by atoms with E-state index < -0.39 is 0 Å². The summed E-state index contributed by atoms with van der Waals surface area (Å²) < 4.78 is 6.92. The van der Waals surface area contributed by atoms with E-state index in [1.807, 2.05) is 54.7 Å². The second-order valence-corrected chi connectivity index (χ2v) is 7.64. The fourth-order valence-electron chi connectivity index (χ4n) is 2.71. The summed E-state index contributed by atoms with van der Waals surface area (Å²) in [5.74, 6) is 1.37. The molecule has 4 rings (SSSR count). The molecule has 0 radical (unpaired) electrons. The summed E-state index contributed by atoms with van der Waals surface area (Å²) in [5, 5.41) is 14.5. The molecule has 0 atom stereocenters. The molecule has 2 heterocycles. The topological polar surface area (TPSA) is 63.7 Å². The summed E-state index contributed by atoms with van der Waals surface area (Å²) in [6, 6.07) is 20.9. The summed E-state index contributed by atoms with van der Waals surface area (Å²) in [7, 11) is 1.61. The van der Waals surface area contributed by atoms with Gasteiger partial charge < -0.3 is 4.74 Å². The van der Waals surface area contributed by atoms with Crippen LogP contribution < -0.4 is 4.74 Å². The molecule has 0 bridgehead atoms. The van der Waals surface area contributed by atoms with E-state index in [0.717, 1.165) is 21.0 Å². The van der Waals surface area contributed by atoms with Gasteiger partial charge in [0.1, 0.15) is 11.4 Å². The smallest absolute Gasteiger partial charge is 0.153 e. The van der Waals surface area contributed by atoms with Gasteiger partial charge in [-0.3, -0.25) is 0 Å². The molecule has 2 aromatic carbocycles. The first-order chi connectivity index (χ1) is 14.2. The van der Waals surface area contributed by atoms with E-state index in [9.17, 15) is 0 Å². The van der Waals surface area contributed by atoms with Crippen LogP contribution in [0.4, 0.5) is 0 Å². The molecule has 0 aliphatic carbocycles. The summed E-state index contributed by atoms with van der Waals surface area (Å²) >= 11 is 7.60. The highest BCUT2D eigenvalue weighted by Gasteiger charge is 2.15. The molecular weight excluding hydrogens is 404 g/mol. The van der Waals surface area contributed by atoms with Crippen LogP contribution in [-0.2, 0) is 0 Å². The summed E-state index contributed by atoms with van der Waals surface area (Å²) in [6.07, 6.45) is 3.60. The molecular formula is C22H15ClN4OS. The van der Waals surface area contributed by atoms with Crippen LogP contribution in [0.3, 0.4) is 0 Å². The van der Waals surface area contributed by atoms with Crippen molar-refractivity contribution in [1.29, 1.82) is 5.26 Å². The van der Waals surface area contributed by atoms with Crippen molar-refractivity contribution in [3.63, 3.8) is 0 Å². The molecule has 2 aromatic heterocycles. The normalized spacial score (nSPS) is 10.5. The van der Waals surface area contributed by atoms with Gasteiger partial charge in [-0.25, -0.2) is 9.67 Å². The van der Waals surface area contributed by atoms with Gasteiger partial charge in [-0.1, -0.05) is 35.5 Å². The van der Waals surface area contributed by atoms with E-state index in [2.05, 4.69) is 11.1 Å². The van der Waals surface area contributed by atoms with Crippen LogP contribution in [0.2, 0.25) is 5.02 Å². The Morgan fingerprint density at radius 3 is 2.41 bits per heavy atom. The van der Waals surface area contributed by atoms with Gasteiger partial charge in [-0.15, -0.1) is 0 Å². The molecule has 0 saturated carbocycles. The first-order valence-electron chi connectivity index (χ1n) is 8.70. The van der Waals surface area contributed by atoms with Gasteiger partial charge in [0.15, 0.2) is 5.82 Å². The molecule has 7 heteroatoms. The van der Waals surface area contributed by atoms with Crippen molar-refractivity contribution in [2.45, 2.75) is 9.79 Å². The number of nitriles is 1.